The van der Waals surface area contributed by atoms with E-state index in [2.05, 4.69) is 17.0 Å². The van der Waals surface area contributed by atoms with Gasteiger partial charge in [-0.25, -0.2) is 4.79 Å². The van der Waals surface area contributed by atoms with E-state index in [1.54, 1.807) is 0 Å². The molecule has 0 saturated carbocycles. The van der Waals surface area contributed by atoms with Crippen molar-refractivity contribution in [3.05, 3.63) is 24.5 Å². The highest BCUT2D eigenvalue weighted by atomic mass is 16.4. The van der Waals surface area contributed by atoms with Crippen molar-refractivity contribution in [1.29, 1.82) is 0 Å². The van der Waals surface area contributed by atoms with E-state index in [1.165, 1.54) is 30.9 Å². The quantitative estimate of drug-likeness (QED) is 0.782. The molecular formula is C14H21N3O3. The summed E-state index contributed by atoms with van der Waals surface area (Å²) in [6, 6.07) is 0. The third kappa shape index (κ3) is 3.69. The second-order valence-corrected chi connectivity index (χ2v) is 5.59. The first-order chi connectivity index (χ1) is 9.14. The molecule has 110 valence electrons. The summed E-state index contributed by atoms with van der Waals surface area (Å²) in [5, 5.41) is 15.8. The fourth-order valence-corrected chi connectivity index (χ4v) is 1.67. The van der Waals surface area contributed by atoms with Crippen molar-refractivity contribution in [3.63, 3.8) is 0 Å². The molecule has 2 N–H and O–H groups in total. The summed E-state index contributed by atoms with van der Waals surface area (Å²) < 4.78 is 1.31. The molecular weight excluding hydrogens is 258 g/mol. The third-order valence-electron chi connectivity index (χ3n) is 3.05. The lowest BCUT2D eigenvalue weighted by atomic mass is 10.0. The lowest BCUT2D eigenvalue weighted by Crippen LogP contribution is -2.35. The van der Waals surface area contributed by atoms with E-state index < -0.39 is 11.5 Å². The summed E-state index contributed by atoms with van der Waals surface area (Å²) in [7, 11) is 0. The van der Waals surface area contributed by atoms with Crippen LogP contribution in [0.15, 0.2) is 24.5 Å². The van der Waals surface area contributed by atoms with Crippen LogP contribution in [0.1, 0.15) is 34.1 Å². The molecule has 1 aromatic rings. The third-order valence-corrected chi connectivity index (χ3v) is 3.05. The van der Waals surface area contributed by atoms with Crippen LogP contribution in [0, 0.1) is 5.92 Å². The monoisotopic (exact) mass is 279 g/mol. The highest BCUT2D eigenvalue weighted by Crippen LogP contribution is 2.18. The summed E-state index contributed by atoms with van der Waals surface area (Å²) >= 11 is 0. The summed E-state index contributed by atoms with van der Waals surface area (Å²) in [6.45, 7) is 10.5. The molecule has 0 aromatic carbocycles. The maximum Gasteiger partial charge on any atom is 0.331 e. The zero-order valence-corrected chi connectivity index (χ0v) is 12.3. The lowest BCUT2D eigenvalue weighted by Gasteiger charge is -2.19. The van der Waals surface area contributed by atoms with E-state index in [9.17, 15) is 9.59 Å². The molecule has 20 heavy (non-hydrogen) atoms. The Balaban J connectivity index is 2.76. The second-order valence-electron chi connectivity index (χ2n) is 5.59. The van der Waals surface area contributed by atoms with Crippen molar-refractivity contribution in [2.24, 2.45) is 5.92 Å². The highest BCUT2D eigenvalue weighted by molar-refractivity contribution is 5.92. The number of hydrogen-bond donors (Lipinski definition) is 2. The molecule has 0 aliphatic rings. The van der Waals surface area contributed by atoms with Gasteiger partial charge in [0.2, 0.25) is 5.91 Å². The minimum absolute atomic E-state index is 0.138. The van der Waals surface area contributed by atoms with Gasteiger partial charge in [-0.15, -0.1) is 6.58 Å². The molecule has 1 heterocycles. The normalized spacial score (nSPS) is 12.8. The molecule has 1 amide bonds. The predicted molar refractivity (Wildman–Crippen MR) is 76.4 cm³/mol. The average Bonchev–Trinajstić information content (AvgIpc) is 2.76. The summed E-state index contributed by atoms with van der Waals surface area (Å²) in [5.41, 5.74) is 0.264. The Morgan fingerprint density at radius 2 is 2.15 bits per heavy atom. The van der Waals surface area contributed by atoms with Crippen molar-refractivity contribution in [1.82, 2.24) is 9.78 Å². The summed E-state index contributed by atoms with van der Waals surface area (Å²) in [5.74, 6) is -1.32. The predicted octanol–water partition coefficient (Wildman–Crippen LogP) is 2.24. The van der Waals surface area contributed by atoms with Crippen molar-refractivity contribution in [2.45, 2.75) is 39.7 Å². The molecule has 0 bridgehead atoms. The Bertz CT molecular complexity index is 532. The molecule has 0 saturated heterocycles. The van der Waals surface area contributed by atoms with Gasteiger partial charge in [0.1, 0.15) is 0 Å². The maximum atomic E-state index is 11.9. The number of rotatable bonds is 6. The number of aromatic nitrogens is 2. The average molecular weight is 279 g/mol. The van der Waals surface area contributed by atoms with Gasteiger partial charge in [0.15, 0.2) is 5.54 Å². The molecule has 6 heteroatoms. The van der Waals surface area contributed by atoms with E-state index in [0.29, 0.717) is 12.1 Å². The van der Waals surface area contributed by atoms with Crippen LogP contribution in [0.4, 0.5) is 5.69 Å². The highest BCUT2D eigenvalue weighted by Gasteiger charge is 2.30. The van der Waals surface area contributed by atoms with Gasteiger partial charge >= 0.3 is 5.97 Å². The number of carboxylic acid groups (broad SMARTS) is 1. The van der Waals surface area contributed by atoms with Gasteiger partial charge in [0, 0.05) is 12.1 Å². The van der Waals surface area contributed by atoms with E-state index in [-0.39, 0.29) is 11.8 Å². The van der Waals surface area contributed by atoms with Crippen molar-refractivity contribution in [2.75, 3.05) is 5.32 Å². The molecule has 0 aliphatic carbocycles. The van der Waals surface area contributed by atoms with Crippen LogP contribution >= 0.6 is 0 Å². The minimum Gasteiger partial charge on any atom is -0.479 e. The maximum absolute atomic E-state index is 11.9. The lowest BCUT2D eigenvalue weighted by molar-refractivity contribution is -0.146. The van der Waals surface area contributed by atoms with E-state index in [1.807, 2.05) is 13.8 Å². The Hall–Kier alpha value is -2.11. The van der Waals surface area contributed by atoms with Gasteiger partial charge in [-0.3, -0.25) is 9.48 Å². The molecule has 1 rings (SSSR count). The molecule has 0 spiro atoms. The molecule has 1 unspecified atom stereocenters. The van der Waals surface area contributed by atoms with Gasteiger partial charge < -0.3 is 10.4 Å². The number of allylic oxidation sites excluding steroid dienone is 1. The van der Waals surface area contributed by atoms with Crippen LogP contribution in [0.2, 0.25) is 0 Å². The number of carboxylic acids is 1. The first-order valence-corrected chi connectivity index (χ1v) is 6.38. The molecule has 0 fully saturated rings. The van der Waals surface area contributed by atoms with Crippen molar-refractivity contribution in [3.8, 4) is 0 Å². The van der Waals surface area contributed by atoms with Crippen LogP contribution in [0.5, 0.6) is 0 Å². The van der Waals surface area contributed by atoms with Crippen LogP contribution in [0.25, 0.3) is 0 Å². The number of carbonyl (C=O) groups is 2. The Labute approximate surface area is 118 Å². The molecule has 1 atom stereocenters. The molecule has 6 nitrogen and oxygen atoms in total. The van der Waals surface area contributed by atoms with Gasteiger partial charge in [0.25, 0.3) is 0 Å². The minimum atomic E-state index is -1.16. The Morgan fingerprint density at radius 3 is 2.65 bits per heavy atom. The molecule has 0 aliphatic heterocycles. The van der Waals surface area contributed by atoms with Gasteiger partial charge in [-0.2, -0.15) is 5.10 Å². The first kappa shape index (κ1) is 15.9. The van der Waals surface area contributed by atoms with E-state index in [0.717, 1.165) is 5.57 Å². The summed E-state index contributed by atoms with van der Waals surface area (Å²) in [6.07, 6.45) is 3.57. The van der Waals surface area contributed by atoms with Crippen LogP contribution in [-0.2, 0) is 15.1 Å². The Morgan fingerprint density at radius 1 is 1.55 bits per heavy atom. The number of hydrogen-bond acceptors (Lipinski definition) is 3. The smallest absolute Gasteiger partial charge is 0.331 e. The van der Waals surface area contributed by atoms with Crippen LogP contribution < -0.4 is 5.32 Å². The fourth-order valence-electron chi connectivity index (χ4n) is 1.67. The first-order valence-electron chi connectivity index (χ1n) is 6.38. The van der Waals surface area contributed by atoms with Gasteiger partial charge in [0.05, 0.1) is 11.9 Å². The van der Waals surface area contributed by atoms with Gasteiger partial charge in [-0.1, -0.05) is 12.5 Å². The SMILES string of the molecule is C=C(C)CC(C)C(=O)Nc1cnn(C(C)(C)C(=O)O)c1. The zero-order valence-electron chi connectivity index (χ0n) is 12.3. The standard InChI is InChI=1S/C14H21N3O3/c1-9(2)6-10(3)12(18)16-11-7-15-17(8-11)14(4,5)13(19)20/h7-8,10H,1,6H2,2-5H3,(H,16,18)(H,19,20). The Kier molecular flexibility index (Phi) is 4.70. The van der Waals surface area contributed by atoms with Crippen LogP contribution in [-0.4, -0.2) is 26.8 Å². The molecule has 1 aromatic heterocycles. The van der Waals surface area contributed by atoms with Crippen LogP contribution in [0.3, 0.4) is 0 Å². The molecule has 0 radical (unpaired) electrons. The number of amides is 1. The van der Waals surface area contributed by atoms with Crippen molar-refractivity contribution < 1.29 is 14.7 Å². The van der Waals surface area contributed by atoms with E-state index >= 15 is 0 Å². The number of anilines is 1. The number of carbonyl (C=O) groups excluding carboxylic acids is 1. The zero-order chi connectivity index (χ0) is 15.5. The van der Waals surface area contributed by atoms with Gasteiger partial charge in [-0.05, 0) is 27.2 Å². The number of nitrogens with zero attached hydrogens (tertiary/aromatic N) is 2. The fraction of sp³-hybridized carbons (Fsp3) is 0.500. The largest absolute Gasteiger partial charge is 0.479 e. The van der Waals surface area contributed by atoms with E-state index in [4.69, 9.17) is 5.11 Å². The second kappa shape index (κ2) is 5.90. The number of nitrogens with one attached hydrogen (secondary N) is 1. The summed E-state index contributed by atoms with van der Waals surface area (Å²) in [4.78, 5) is 23.1. The van der Waals surface area contributed by atoms with Crippen molar-refractivity contribution >= 4 is 17.6 Å². The topological polar surface area (TPSA) is 84.2 Å². The number of aliphatic carboxylic acids is 1.